The average molecular weight is 226 g/mol. The van der Waals surface area contributed by atoms with E-state index in [0.29, 0.717) is 13.0 Å². The number of Topliss-reactive ketones (excluding diaryl/α,β-unsaturated/α-hetero) is 1. The van der Waals surface area contributed by atoms with Crippen molar-refractivity contribution in [2.45, 2.75) is 41.0 Å². The van der Waals surface area contributed by atoms with Crippen LogP contribution in [-0.4, -0.2) is 18.4 Å². The molecule has 0 bridgehead atoms. The minimum Gasteiger partial charge on any atom is -0.465 e. The summed E-state index contributed by atoms with van der Waals surface area (Å²) in [6.07, 6.45) is 0.442. The first kappa shape index (κ1) is 15.1. The SMILES string of the molecule is [CH]C(C)(C)C(C)CC(C(C)=O)C(=O)OCC. The van der Waals surface area contributed by atoms with Crippen LogP contribution in [0.1, 0.15) is 41.0 Å². The standard InChI is InChI=1S/C13H22O3/c1-7-16-12(15)11(10(3)14)8-9(2)13(4,5)6/h4,9,11H,7-8H2,1-3,5-6H3. The van der Waals surface area contributed by atoms with Crippen LogP contribution in [0, 0.1) is 24.2 Å². The summed E-state index contributed by atoms with van der Waals surface area (Å²) in [5.74, 6) is -1.20. The topological polar surface area (TPSA) is 43.4 Å². The quantitative estimate of drug-likeness (QED) is 0.516. The number of rotatable bonds is 6. The van der Waals surface area contributed by atoms with E-state index in [1.807, 2.05) is 20.8 Å². The molecular formula is C13H22O3. The molecule has 92 valence electrons. The summed E-state index contributed by atoms with van der Waals surface area (Å²) in [4.78, 5) is 22.9. The first-order chi connectivity index (χ1) is 7.20. The van der Waals surface area contributed by atoms with Gasteiger partial charge in [0.2, 0.25) is 0 Å². The fraction of sp³-hybridized carbons (Fsp3) is 0.769. The molecule has 0 saturated heterocycles. The highest BCUT2D eigenvalue weighted by atomic mass is 16.5. The summed E-state index contributed by atoms with van der Waals surface area (Å²) < 4.78 is 4.88. The molecule has 0 rings (SSSR count). The van der Waals surface area contributed by atoms with E-state index in [-0.39, 0.29) is 11.7 Å². The summed E-state index contributed by atoms with van der Waals surface area (Å²) in [6.45, 7) is 15.1. The number of ketones is 1. The van der Waals surface area contributed by atoms with Crippen LogP contribution in [0.4, 0.5) is 0 Å². The molecule has 0 saturated carbocycles. The van der Waals surface area contributed by atoms with E-state index in [2.05, 4.69) is 0 Å². The molecule has 0 N–H and O–H groups in total. The van der Waals surface area contributed by atoms with E-state index in [9.17, 15) is 9.59 Å². The van der Waals surface area contributed by atoms with Crippen LogP contribution in [0.2, 0.25) is 0 Å². The summed E-state index contributed by atoms with van der Waals surface area (Å²) in [5, 5.41) is 0. The van der Waals surface area contributed by atoms with E-state index in [4.69, 9.17) is 11.7 Å². The van der Waals surface area contributed by atoms with Crippen LogP contribution in [-0.2, 0) is 14.3 Å². The maximum Gasteiger partial charge on any atom is 0.316 e. The van der Waals surface area contributed by atoms with E-state index in [0.717, 1.165) is 0 Å². The Kier molecular flexibility index (Phi) is 5.70. The summed E-state index contributed by atoms with van der Waals surface area (Å²) in [6, 6.07) is 0. The Balaban J connectivity index is 4.58. The molecule has 0 aromatic carbocycles. The summed E-state index contributed by atoms with van der Waals surface area (Å²) in [7, 11) is 0. The normalized spacial score (nSPS) is 15.4. The van der Waals surface area contributed by atoms with Gasteiger partial charge in [-0.1, -0.05) is 20.8 Å². The second kappa shape index (κ2) is 6.02. The number of carbonyl (C=O) groups is 2. The van der Waals surface area contributed by atoms with Crippen molar-refractivity contribution in [3.05, 3.63) is 6.92 Å². The van der Waals surface area contributed by atoms with Crippen LogP contribution in [0.5, 0.6) is 0 Å². The van der Waals surface area contributed by atoms with Crippen LogP contribution in [0.3, 0.4) is 0 Å². The molecule has 0 aliphatic carbocycles. The van der Waals surface area contributed by atoms with E-state index >= 15 is 0 Å². The Labute approximate surface area is 98.6 Å². The average Bonchev–Trinajstić information content (AvgIpc) is 2.11. The van der Waals surface area contributed by atoms with E-state index in [1.54, 1.807) is 6.92 Å². The van der Waals surface area contributed by atoms with Gasteiger partial charge in [-0.3, -0.25) is 9.59 Å². The second-order valence-electron chi connectivity index (χ2n) is 4.87. The zero-order valence-electron chi connectivity index (χ0n) is 10.9. The largest absolute Gasteiger partial charge is 0.465 e. The molecule has 16 heavy (non-hydrogen) atoms. The molecule has 0 amide bonds. The van der Waals surface area contributed by atoms with Gasteiger partial charge in [-0.15, -0.1) is 0 Å². The summed E-state index contributed by atoms with van der Waals surface area (Å²) in [5.41, 5.74) is -0.403. The lowest BCUT2D eigenvalue weighted by Gasteiger charge is -2.28. The highest BCUT2D eigenvalue weighted by Gasteiger charge is 2.31. The molecule has 0 aromatic rings. The zero-order chi connectivity index (χ0) is 12.9. The van der Waals surface area contributed by atoms with Crippen LogP contribution < -0.4 is 0 Å². The van der Waals surface area contributed by atoms with Crippen molar-refractivity contribution < 1.29 is 14.3 Å². The van der Waals surface area contributed by atoms with Crippen molar-refractivity contribution in [3.63, 3.8) is 0 Å². The van der Waals surface area contributed by atoms with Gasteiger partial charge in [-0.05, 0) is 38.5 Å². The van der Waals surface area contributed by atoms with Crippen molar-refractivity contribution in [3.8, 4) is 0 Å². The second-order valence-corrected chi connectivity index (χ2v) is 4.87. The molecule has 2 atom stereocenters. The van der Waals surface area contributed by atoms with Gasteiger partial charge >= 0.3 is 5.97 Å². The number of esters is 1. The first-order valence-electron chi connectivity index (χ1n) is 5.66. The number of ether oxygens (including phenoxy) is 1. The van der Waals surface area contributed by atoms with Crippen LogP contribution in [0.15, 0.2) is 0 Å². The van der Waals surface area contributed by atoms with Crippen molar-refractivity contribution in [2.24, 2.45) is 17.3 Å². The first-order valence-corrected chi connectivity index (χ1v) is 5.66. The van der Waals surface area contributed by atoms with Gasteiger partial charge in [0, 0.05) is 0 Å². The molecule has 0 heterocycles. The van der Waals surface area contributed by atoms with Gasteiger partial charge in [0.1, 0.15) is 11.7 Å². The number of hydrogen-bond donors (Lipinski definition) is 0. The molecule has 0 spiro atoms. The molecular weight excluding hydrogens is 204 g/mol. The summed E-state index contributed by atoms with van der Waals surface area (Å²) >= 11 is 0. The highest BCUT2D eigenvalue weighted by Crippen LogP contribution is 2.31. The van der Waals surface area contributed by atoms with Crippen LogP contribution in [0.25, 0.3) is 0 Å². The molecule has 2 unspecified atom stereocenters. The zero-order valence-corrected chi connectivity index (χ0v) is 10.9. The molecule has 0 aliphatic rings. The lowest BCUT2D eigenvalue weighted by atomic mass is 9.76. The Morgan fingerprint density at radius 2 is 1.88 bits per heavy atom. The Morgan fingerprint density at radius 3 is 2.19 bits per heavy atom. The maximum absolute atomic E-state index is 11.6. The molecule has 0 aliphatic heterocycles. The van der Waals surface area contributed by atoms with Crippen molar-refractivity contribution in [1.29, 1.82) is 0 Å². The Morgan fingerprint density at radius 1 is 1.38 bits per heavy atom. The van der Waals surface area contributed by atoms with Crippen molar-refractivity contribution >= 4 is 11.8 Å². The molecule has 2 radical (unpaired) electrons. The predicted molar refractivity (Wildman–Crippen MR) is 62.7 cm³/mol. The maximum atomic E-state index is 11.6. The van der Waals surface area contributed by atoms with E-state index < -0.39 is 17.3 Å². The van der Waals surface area contributed by atoms with Gasteiger partial charge in [0.05, 0.1) is 6.61 Å². The third-order valence-electron chi connectivity index (χ3n) is 2.92. The van der Waals surface area contributed by atoms with Gasteiger partial charge in [0.25, 0.3) is 0 Å². The van der Waals surface area contributed by atoms with Crippen molar-refractivity contribution in [1.82, 2.24) is 0 Å². The smallest absolute Gasteiger partial charge is 0.316 e. The lowest BCUT2D eigenvalue weighted by Crippen LogP contribution is -2.30. The highest BCUT2D eigenvalue weighted by molar-refractivity contribution is 5.97. The third kappa shape index (κ3) is 4.77. The molecule has 0 aromatic heterocycles. The van der Waals surface area contributed by atoms with Gasteiger partial charge < -0.3 is 4.74 Å². The van der Waals surface area contributed by atoms with Gasteiger partial charge in [0.15, 0.2) is 0 Å². The van der Waals surface area contributed by atoms with Gasteiger partial charge in [-0.25, -0.2) is 0 Å². The Bertz CT molecular complexity index is 250. The third-order valence-corrected chi connectivity index (χ3v) is 2.92. The monoisotopic (exact) mass is 226 g/mol. The molecule has 0 fully saturated rings. The van der Waals surface area contributed by atoms with E-state index in [1.165, 1.54) is 6.92 Å². The minimum absolute atomic E-state index is 0.0748. The number of hydrogen-bond acceptors (Lipinski definition) is 3. The lowest BCUT2D eigenvalue weighted by molar-refractivity contribution is -0.152. The van der Waals surface area contributed by atoms with Crippen LogP contribution >= 0.6 is 0 Å². The van der Waals surface area contributed by atoms with Gasteiger partial charge in [-0.2, -0.15) is 0 Å². The molecule has 3 heteroatoms. The van der Waals surface area contributed by atoms with Crippen molar-refractivity contribution in [2.75, 3.05) is 6.61 Å². The fourth-order valence-corrected chi connectivity index (χ4v) is 1.33. The predicted octanol–water partition coefficient (Wildman–Crippen LogP) is 2.52. The fourth-order valence-electron chi connectivity index (χ4n) is 1.33. The molecule has 3 nitrogen and oxygen atoms in total. The minimum atomic E-state index is -0.683. The Hall–Kier alpha value is -0.860. The number of carbonyl (C=O) groups excluding carboxylic acids is 2.